The Morgan fingerprint density at radius 2 is 2.04 bits per heavy atom. The second kappa shape index (κ2) is 7.99. The molecule has 5 heteroatoms. The molecular formula is C18H21ClN2O2. The maximum Gasteiger partial charge on any atom is 0.256 e. The van der Waals surface area contributed by atoms with Crippen molar-refractivity contribution in [3.63, 3.8) is 0 Å². The van der Waals surface area contributed by atoms with Crippen molar-refractivity contribution in [1.29, 1.82) is 0 Å². The van der Waals surface area contributed by atoms with E-state index in [4.69, 9.17) is 4.74 Å². The minimum absolute atomic E-state index is 0. The maximum absolute atomic E-state index is 12.7. The predicted molar refractivity (Wildman–Crippen MR) is 95.6 cm³/mol. The molecule has 0 aliphatic carbocycles. The SMILES string of the molecule is COCc1ccccc1NC(=O)c1cccc2c1CCCN2.Cl. The number of ether oxygens (including phenoxy) is 1. The van der Waals surface area contributed by atoms with Gasteiger partial charge in [-0.25, -0.2) is 0 Å². The standard InChI is InChI=1S/C18H20N2O2.ClH/c1-22-12-13-6-2-3-9-16(13)20-18(21)15-7-4-10-17-14(15)8-5-11-19-17;/h2-4,6-7,9-10,19H,5,8,11-12H2,1H3,(H,20,21);1H. The molecule has 2 aromatic carbocycles. The number of anilines is 2. The fraction of sp³-hybridized carbons (Fsp3) is 0.278. The Bertz CT molecular complexity index is 688. The zero-order valence-electron chi connectivity index (χ0n) is 13.1. The van der Waals surface area contributed by atoms with Crippen molar-refractivity contribution in [2.75, 3.05) is 24.3 Å². The van der Waals surface area contributed by atoms with E-state index in [1.807, 2.05) is 42.5 Å². The van der Waals surface area contributed by atoms with Crippen molar-refractivity contribution in [2.45, 2.75) is 19.4 Å². The van der Waals surface area contributed by atoms with Gasteiger partial charge in [0.25, 0.3) is 5.91 Å². The van der Waals surface area contributed by atoms with E-state index in [1.54, 1.807) is 7.11 Å². The Kier molecular flexibility index (Phi) is 6.02. The predicted octanol–water partition coefficient (Wildman–Crippen LogP) is 3.87. The lowest BCUT2D eigenvalue weighted by molar-refractivity contribution is 0.102. The molecule has 4 nitrogen and oxygen atoms in total. The first kappa shape index (κ1) is 17.3. The average Bonchev–Trinajstić information content (AvgIpc) is 2.56. The Hall–Kier alpha value is -2.04. The van der Waals surface area contributed by atoms with Crippen LogP contribution in [0.5, 0.6) is 0 Å². The van der Waals surface area contributed by atoms with E-state index >= 15 is 0 Å². The fourth-order valence-corrected chi connectivity index (χ4v) is 2.84. The van der Waals surface area contributed by atoms with Crippen molar-refractivity contribution in [3.8, 4) is 0 Å². The van der Waals surface area contributed by atoms with Gasteiger partial charge in [-0.3, -0.25) is 4.79 Å². The Balaban J connectivity index is 0.00000192. The van der Waals surface area contributed by atoms with Gasteiger partial charge in [0.2, 0.25) is 0 Å². The average molecular weight is 333 g/mol. The van der Waals surface area contributed by atoms with Crippen molar-refractivity contribution in [2.24, 2.45) is 0 Å². The highest BCUT2D eigenvalue weighted by Gasteiger charge is 2.18. The van der Waals surface area contributed by atoms with Crippen LogP contribution in [0.15, 0.2) is 42.5 Å². The molecule has 0 aromatic heterocycles. The summed E-state index contributed by atoms with van der Waals surface area (Å²) >= 11 is 0. The normalized spacial score (nSPS) is 12.6. The summed E-state index contributed by atoms with van der Waals surface area (Å²) in [5, 5.41) is 6.37. The van der Waals surface area contributed by atoms with Crippen LogP contribution in [0.4, 0.5) is 11.4 Å². The fourth-order valence-electron chi connectivity index (χ4n) is 2.84. The molecule has 0 fully saturated rings. The highest BCUT2D eigenvalue weighted by atomic mass is 35.5. The van der Waals surface area contributed by atoms with Crippen LogP contribution in [0.1, 0.15) is 27.9 Å². The molecule has 1 amide bonds. The summed E-state index contributed by atoms with van der Waals surface area (Å²) in [7, 11) is 1.65. The summed E-state index contributed by atoms with van der Waals surface area (Å²) < 4.78 is 5.19. The first-order valence-electron chi connectivity index (χ1n) is 7.53. The van der Waals surface area contributed by atoms with E-state index in [-0.39, 0.29) is 18.3 Å². The zero-order valence-corrected chi connectivity index (χ0v) is 13.9. The number of benzene rings is 2. The van der Waals surface area contributed by atoms with Gasteiger partial charge in [0.05, 0.1) is 6.61 Å². The van der Waals surface area contributed by atoms with Crippen LogP contribution in [0, 0.1) is 0 Å². The smallest absolute Gasteiger partial charge is 0.256 e. The maximum atomic E-state index is 12.7. The van der Waals surface area contributed by atoms with Crippen molar-refractivity contribution in [1.82, 2.24) is 0 Å². The molecule has 1 heterocycles. The van der Waals surface area contributed by atoms with Gasteiger partial charge in [0, 0.05) is 36.2 Å². The third kappa shape index (κ3) is 3.84. The number of rotatable bonds is 4. The molecule has 1 aliphatic heterocycles. The number of carbonyl (C=O) groups is 1. The van der Waals surface area contributed by atoms with E-state index in [1.165, 1.54) is 0 Å². The highest BCUT2D eigenvalue weighted by Crippen LogP contribution is 2.26. The van der Waals surface area contributed by atoms with Crippen LogP contribution in [-0.4, -0.2) is 19.6 Å². The van der Waals surface area contributed by atoms with Gasteiger partial charge in [-0.15, -0.1) is 12.4 Å². The largest absolute Gasteiger partial charge is 0.385 e. The molecule has 0 unspecified atom stereocenters. The number of halogens is 1. The lowest BCUT2D eigenvalue weighted by atomic mass is 9.97. The Morgan fingerprint density at radius 3 is 2.87 bits per heavy atom. The lowest BCUT2D eigenvalue weighted by Gasteiger charge is -2.21. The van der Waals surface area contributed by atoms with Crippen LogP contribution >= 0.6 is 12.4 Å². The van der Waals surface area contributed by atoms with E-state index in [2.05, 4.69) is 10.6 Å². The number of fused-ring (bicyclic) bond motifs is 1. The summed E-state index contributed by atoms with van der Waals surface area (Å²) in [5.41, 5.74) is 4.70. The quantitative estimate of drug-likeness (QED) is 0.893. The molecule has 0 atom stereocenters. The van der Waals surface area contributed by atoms with Crippen molar-refractivity contribution in [3.05, 3.63) is 59.2 Å². The first-order chi connectivity index (χ1) is 10.8. The van der Waals surface area contributed by atoms with E-state index < -0.39 is 0 Å². The third-order valence-electron chi connectivity index (χ3n) is 3.91. The van der Waals surface area contributed by atoms with Gasteiger partial charge in [-0.05, 0) is 36.6 Å². The molecule has 0 bridgehead atoms. The number of hydrogen-bond donors (Lipinski definition) is 2. The molecule has 3 rings (SSSR count). The van der Waals surface area contributed by atoms with Gasteiger partial charge in [0.1, 0.15) is 0 Å². The van der Waals surface area contributed by atoms with Crippen LogP contribution in [0.25, 0.3) is 0 Å². The summed E-state index contributed by atoms with van der Waals surface area (Å²) in [6, 6.07) is 13.6. The zero-order chi connectivity index (χ0) is 15.4. The number of hydrogen-bond acceptors (Lipinski definition) is 3. The molecular weight excluding hydrogens is 312 g/mol. The van der Waals surface area contributed by atoms with Gasteiger partial charge >= 0.3 is 0 Å². The van der Waals surface area contributed by atoms with E-state index in [0.717, 1.165) is 47.5 Å². The number of methoxy groups -OCH3 is 1. The molecule has 2 N–H and O–H groups in total. The molecule has 0 saturated carbocycles. The van der Waals surface area contributed by atoms with Gasteiger partial charge in [-0.2, -0.15) is 0 Å². The molecule has 0 saturated heterocycles. The number of carbonyl (C=O) groups excluding carboxylic acids is 1. The minimum atomic E-state index is -0.0656. The monoisotopic (exact) mass is 332 g/mol. The van der Waals surface area contributed by atoms with Gasteiger partial charge < -0.3 is 15.4 Å². The van der Waals surface area contributed by atoms with Gasteiger partial charge in [-0.1, -0.05) is 24.3 Å². The lowest BCUT2D eigenvalue weighted by Crippen LogP contribution is -2.19. The Labute approximate surface area is 142 Å². The number of nitrogens with one attached hydrogen (secondary N) is 2. The summed E-state index contributed by atoms with van der Waals surface area (Å²) in [4.78, 5) is 12.7. The highest BCUT2D eigenvalue weighted by molar-refractivity contribution is 6.06. The second-order valence-corrected chi connectivity index (χ2v) is 5.41. The van der Waals surface area contributed by atoms with Crippen molar-refractivity contribution < 1.29 is 9.53 Å². The van der Waals surface area contributed by atoms with E-state index in [0.29, 0.717) is 6.61 Å². The molecule has 23 heavy (non-hydrogen) atoms. The van der Waals surface area contributed by atoms with Crippen LogP contribution in [0.3, 0.4) is 0 Å². The first-order valence-corrected chi connectivity index (χ1v) is 7.53. The Morgan fingerprint density at radius 1 is 1.22 bits per heavy atom. The van der Waals surface area contributed by atoms with E-state index in [9.17, 15) is 4.79 Å². The molecule has 1 aliphatic rings. The number of amides is 1. The molecule has 0 radical (unpaired) electrons. The minimum Gasteiger partial charge on any atom is -0.385 e. The number of para-hydroxylation sites is 1. The molecule has 122 valence electrons. The molecule has 2 aromatic rings. The van der Waals surface area contributed by atoms with Gasteiger partial charge in [0.15, 0.2) is 0 Å². The second-order valence-electron chi connectivity index (χ2n) is 5.41. The summed E-state index contributed by atoms with van der Waals surface area (Å²) in [5.74, 6) is -0.0656. The third-order valence-corrected chi connectivity index (χ3v) is 3.91. The van der Waals surface area contributed by atoms with Crippen LogP contribution in [0.2, 0.25) is 0 Å². The van der Waals surface area contributed by atoms with Crippen LogP contribution < -0.4 is 10.6 Å². The molecule has 0 spiro atoms. The van der Waals surface area contributed by atoms with Crippen LogP contribution in [-0.2, 0) is 17.8 Å². The summed E-state index contributed by atoms with van der Waals surface area (Å²) in [6.45, 7) is 1.44. The topological polar surface area (TPSA) is 50.4 Å². The summed E-state index contributed by atoms with van der Waals surface area (Å²) in [6.07, 6.45) is 1.99. The van der Waals surface area contributed by atoms with Crippen molar-refractivity contribution >= 4 is 29.7 Å².